The summed E-state index contributed by atoms with van der Waals surface area (Å²) in [5.41, 5.74) is 0.243. The molecule has 1 saturated carbocycles. The molecule has 1 heterocycles. The number of hydrogen-bond donors (Lipinski definition) is 0. The minimum absolute atomic E-state index is 0.243. The fourth-order valence-electron chi connectivity index (χ4n) is 3.81. The SMILES string of the molecule is C=CC(CCC(=O)CCC(C)(C)C)C1CCC2(CC1)OCCO2. The molecule has 0 aromatic rings. The van der Waals surface area contributed by atoms with Gasteiger partial charge in [-0.3, -0.25) is 4.79 Å². The Morgan fingerprint density at radius 3 is 2.35 bits per heavy atom. The molecule has 1 unspecified atom stereocenters. The minimum Gasteiger partial charge on any atom is -0.348 e. The molecule has 1 saturated heterocycles. The zero-order valence-corrected chi connectivity index (χ0v) is 15.2. The van der Waals surface area contributed by atoms with Gasteiger partial charge in [-0.05, 0) is 42.9 Å². The lowest BCUT2D eigenvalue weighted by Crippen LogP contribution is -2.36. The van der Waals surface area contributed by atoms with Gasteiger partial charge < -0.3 is 9.47 Å². The first-order chi connectivity index (χ1) is 10.8. The van der Waals surface area contributed by atoms with Gasteiger partial charge in [-0.2, -0.15) is 0 Å². The van der Waals surface area contributed by atoms with Gasteiger partial charge in [0.2, 0.25) is 0 Å². The zero-order valence-electron chi connectivity index (χ0n) is 15.2. The van der Waals surface area contributed by atoms with E-state index >= 15 is 0 Å². The van der Waals surface area contributed by atoms with E-state index in [0.717, 1.165) is 51.7 Å². The first-order valence-electron chi connectivity index (χ1n) is 9.26. The van der Waals surface area contributed by atoms with Crippen molar-refractivity contribution in [1.29, 1.82) is 0 Å². The highest BCUT2D eigenvalue weighted by molar-refractivity contribution is 5.78. The Morgan fingerprint density at radius 2 is 1.83 bits per heavy atom. The van der Waals surface area contributed by atoms with Crippen LogP contribution in [0.4, 0.5) is 0 Å². The molecular formula is C20H34O3. The van der Waals surface area contributed by atoms with Gasteiger partial charge in [0, 0.05) is 25.7 Å². The van der Waals surface area contributed by atoms with Crippen LogP contribution >= 0.6 is 0 Å². The average Bonchev–Trinajstić information content (AvgIpc) is 2.95. The highest BCUT2D eigenvalue weighted by Crippen LogP contribution is 2.42. The van der Waals surface area contributed by atoms with Gasteiger partial charge in [0.05, 0.1) is 13.2 Å². The summed E-state index contributed by atoms with van der Waals surface area (Å²) in [7, 11) is 0. The second kappa shape index (κ2) is 7.94. The summed E-state index contributed by atoms with van der Waals surface area (Å²) in [5.74, 6) is 1.19. The van der Waals surface area contributed by atoms with Crippen LogP contribution in [0.5, 0.6) is 0 Å². The maximum absolute atomic E-state index is 12.1. The van der Waals surface area contributed by atoms with Gasteiger partial charge in [-0.25, -0.2) is 0 Å². The number of Topliss-reactive ketones (excluding diaryl/α,β-unsaturated/α-hetero) is 1. The van der Waals surface area contributed by atoms with Crippen molar-refractivity contribution in [1.82, 2.24) is 0 Å². The van der Waals surface area contributed by atoms with E-state index in [1.54, 1.807) is 0 Å². The van der Waals surface area contributed by atoms with Gasteiger partial charge in [0.25, 0.3) is 0 Å². The molecule has 0 bridgehead atoms. The molecule has 1 atom stereocenters. The minimum atomic E-state index is -0.287. The van der Waals surface area contributed by atoms with Crippen LogP contribution in [0.1, 0.15) is 72.1 Å². The Kier molecular flexibility index (Phi) is 6.44. The monoisotopic (exact) mass is 322 g/mol. The quantitative estimate of drug-likeness (QED) is 0.626. The third kappa shape index (κ3) is 5.72. The number of ketones is 1. The number of carbonyl (C=O) groups excluding carboxylic acids is 1. The molecule has 1 aliphatic heterocycles. The van der Waals surface area contributed by atoms with Crippen molar-refractivity contribution in [3.05, 3.63) is 12.7 Å². The van der Waals surface area contributed by atoms with Crippen LogP contribution in [0.3, 0.4) is 0 Å². The number of allylic oxidation sites excluding steroid dienone is 1. The summed E-state index contributed by atoms with van der Waals surface area (Å²) >= 11 is 0. The molecule has 2 rings (SSSR count). The van der Waals surface area contributed by atoms with Gasteiger partial charge in [-0.15, -0.1) is 6.58 Å². The fraction of sp³-hybridized carbons (Fsp3) is 0.850. The van der Waals surface area contributed by atoms with Crippen molar-refractivity contribution in [2.75, 3.05) is 13.2 Å². The number of ether oxygens (including phenoxy) is 2. The Bertz CT molecular complexity index is 392. The van der Waals surface area contributed by atoms with E-state index in [4.69, 9.17) is 9.47 Å². The summed E-state index contributed by atoms with van der Waals surface area (Å²) < 4.78 is 11.6. The maximum Gasteiger partial charge on any atom is 0.168 e. The van der Waals surface area contributed by atoms with Crippen LogP contribution in [0, 0.1) is 17.3 Å². The van der Waals surface area contributed by atoms with Gasteiger partial charge >= 0.3 is 0 Å². The summed E-state index contributed by atoms with van der Waals surface area (Å²) in [5, 5.41) is 0. The van der Waals surface area contributed by atoms with Crippen LogP contribution in [0.15, 0.2) is 12.7 Å². The number of carbonyl (C=O) groups is 1. The normalized spacial score (nSPS) is 23.1. The van der Waals surface area contributed by atoms with E-state index < -0.39 is 0 Å². The first kappa shape index (κ1) is 18.7. The van der Waals surface area contributed by atoms with Crippen molar-refractivity contribution < 1.29 is 14.3 Å². The van der Waals surface area contributed by atoms with E-state index in [9.17, 15) is 4.79 Å². The molecule has 2 fully saturated rings. The number of rotatable bonds is 7. The van der Waals surface area contributed by atoms with Crippen molar-refractivity contribution in [3.8, 4) is 0 Å². The summed E-state index contributed by atoms with van der Waals surface area (Å²) in [4.78, 5) is 12.1. The zero-order chi connectivity index (χ0) is 16.9. The standard InChI is InChI=1S/C20H34O3/c1-5-16(6-7-18(21)10-11-19(2,3)4)17-8-12-20(13-9-17)22-14-15-23-20/h5,16-17H,1,6-15H2,2-4H3. The molecular weight excluding hydrogens is 288 g/mol. The molecule has 0 aromatic carbocycles. The van der Waals surface area contributed by atoms with Crippen molar-refractivity contribution in [3.63, 3.8) is 0 Å². The summed E-state index contributed by atoms with van der Waals surface area (Å²) in [6, 6.07) is 0. The summed E-state index contributed by atoms with van der Waals surface area (Å²) in [6.07, 6.45) is 9.61. The van der Waals surface area contributed by atoms with Crippen LogP contribution < -0.4 is 0 Å². The lowest BCUT2D eigenvalue weighted by molar-refractivity contribution is -0.184. The Morgan fingerprint density at radius 1 is 1.22 bits per heavy atom. The Hall–Kier alpha value is -0.670. The van der Waals surface area contributed by atoms with Crippen molar-refractivity contribution >= 4 is 5.78 Å². The Labute approximate surface area is 141 Å². The lowest BCUT2D eigenvalue weighted by atomic mass is 9.75. The highest BCUT2D eigenvalue weighted by atomic mass is 16.7. The van der Waals surface area contributed by atoms with Crippen molar-refractivity contribution in [2.45, 2.75) is 77.9 Å². The van der Waals surface area contributed by atoms with Gasteiger partial charge in [-0.1, -0.05) is 26.8 Å². The van der Waals surface area contributed by atoms with Crippen molar-refractivity contribution in [2.24, 2.45) is 17.3 Å². The van der Waals surface area contributed by atoms with E-state index in [1.807, 2.05) is 0 Å². The summed E-state index contributed by atoms with van der Waals surface area (Å²) in [6.45, 7) is 12.1. The predicted octanol–water partition coefficient (Wildman–Crippen LogP) is 4.90. The molecule has 1 aliphatic carbocycles. The lowest BCUT2D eigenvalue weighted by Gasteiger charge is -2.37. The topological polar surface area (TPSA) is 35.5 Å². The smallest absolute Gasteiger partial charge is 0.168 e. The van der Waals surface area contributed by atoms with Crippen LogP contribution in [-0.2, 0) is 14.3 Å². The predicted molar refractivity (Wildman–Crippen MR) is 93.2 cm³/mol. The molecule has 0 amide bonds. The van der Waals surface area contributed by atoms with Gasteiger partial charge in [0.1, 0.15) is 5.78 Å². The van der Waals surface area contributed by atoms with Crippen LogP contribution in [0.25, 0.3) is 0 Å². The van der Waals surface area contributed by atoms with Crippen LogP contribution in [-0.4, -0.2) is 24.8 Å². The third-order valence-corrected chi connectivity index (χ3v) is 5.42. The fourth-order valence-corrected chi connectivity index (χ4v) is 3.81. The second-order valence-electron chi connectivity index (χ2n) is 8.48. The molecule has 1 spiro atoms. The van der Waals surface area contributed by atoms with Crippen LogP contribution in [0.2, 0.25) is 0 Å². The molecule has 0 radical (unpaired) electrons. The molecule has 0 N–H and O–H groups in total. The molecule has 3 heteroatoms. The molecule has 2 aliphatic rings. The molecule has 132 valence electrons. The van der Waals surface area contributed by atoms with E-state index in [-0.39, 0.29) is 11.2 Å². The van der Waals surface area contributed by atoms with E-state index in [0.29, 0.717) is 30.5 Å². The molecule has 0 aromatic heterocycles. The third-order valence-electron chi connectivity index (χ3n) is 5.42. The molecule has 23 heavy (non-hydrogen) atoms. The maximum atomic E-state index is 12.1. The molecule has 3 nitrogen and oxygen atoms in total. The van der Waals surface area contributed by atoms with E-state index in [1.165, 1.54) is 0 Å². The van der Waals surface area contributed by atoms with Gasteiger partial charge in [0.15, 0.2) is 5.79 Å². The Balaban J connectivity index is 1.73. The second-order valence-corrected chi connectivity index (χ2v) is 8.48. The highest BCUT2D eigenvalue weighted by Gasteiger charge is 2.41. The number of hydrogen-bond acceptors (Lipinski definition) is 3. The first-order valence-corrected chi connectivity index (χ1v) is 9.26. The average molecular weight is 322 g/mol. The van der Waals surface area contributed by atoms with E-state index in [2.05, 4.69) is 33.4 Å². The largest absolute Gasteiger partial charge is 0.348 e.